The Morgan fingerprint density at radius 3 is 2.71 bits per heavy atom. The first kappa shape index (κ1) is 14.8. The van der Waals surface area contributed by atoms with Crippen LogP contribution in [0.1, 0.15) is 19.9 Å². The zero-order valence-corrected chi connectivity index (χ0v) is 14.4. The molecule has 122 valence electrons. The van der Waals surface area contributed by atoms with E-state index in [0.717, 1.165) is 20.8 Å². The van der Waals surface area contributed by atoms with Gasteiger partial charge >= 0.3 is 0 Å². The molecule has 0 aliphatic rings. The summed E-state index contributed by atoms with van der Waals surface area (Å²) >= 11 is 1.56. The number of hydrogen-bond acceptors (Lipinski definition) is 6. The van der Waals surface area contributed by atoms with Crippen LogP contribution in [0.3, 0.4) is 0 Å². The molecule has 4 heterocycles. The second kappa shape index (κ2) is 5.41. The van der Waals surface area contributed by atoms with Crippen LogP contribution < -0.4 is 5.73 Å². The summed E-state index contributed by atoms with van der Waals surface area (Å²) in [6.07, 6.45) is 5.56. The summed E-state index contributed by atoms with van der Waals surface area (Å²) in [5.74, 6) is 1.69. The largest absolute Gasteiger partial charge is 0.383 e. The number of nitrogens with zero attached hydrogens (tertiary/aromatic N) is 6. The molecule has 0 unspecified atom stereocenters. The van der Waals surface area contributed by atoms with Gasteiger partial charge in [0.25, 0.3) is 0 Å². The van der Waals surface area contributed by atoms with Crippen molar-refractivity contribution in [1.82, 2.24) is 29.3 Å². The predicted octanol–water partition coefficient (Wildman–Crippen LogP) is 3.12. The third kappa shape index (κ3) is 2.35. The molecule has 0 aromatic carbocycles. The Morgan fingerprint density at radius 2 is 2.04 bits per heavy atom. The van der Waals surface area contributed by atoms with Gasteiger partial charge in [-0.3, -0.25) is 4.68 Å². The van der Waals surface area contributed by atoms with Crippen molar-refractivity contribution in [3.63, 3.8) is 0 Å². The average Bonchev–Trinajstić information content (AvgIpc) is 3.24. The van der Waals surface area contributed by atoms with Gasteiger partial charge in [0.1, 0.15) is 16.3 Å². The molecule has 0 radical (unpaired) electrons. The van der Waals surface area contributed by atoms with Crippen LogP contribution in [0.4, 0.5) is 5.82 Å². The van der Waals surface area contributed by atoms with Crippen LogP contribution in [-0.2, 0) is 7.05 Å². The summed E-state index contributed by atoms with van der Waals surface area (Å²) in [6.45, 7) is 4.20. The van der Waals surface area contributed by atoms with E-state index < -0.39 is 0 Å². The summed E-state index contributed by atoms with van der Waals surface area (Å²) in [5.41, 5.74) is 7.07. The first-order chi connectivity index (χ1) is 11.5. The summed E-state index contributed by atoms with van der Waals surface area (Å²) in [4.78, 5) is 15.2. The van der Waals surface area contributed by atoms with Crippen molar-refractivity contribution in [2.24, 2.45) is 7.05 Å². The fourth-order valence-corrected chi connectivity index (χ4v) is 3.51. The Labute approximate surface area is 142 Å². The normalized spacial score (nSPS) is 11.7. The molecule has 0 saturated carbocycles. The number of anilines is 1. The number of fused-ring (bicyclic) bond motifs is 1. The second-order valence-corrected chi connectivity index (χ2v) is 6.93. The quantitative estimate of drug-likeness (QED) is 0.619. The Kier molecular flexibility index (Phi) is 3.34. The van der Waals surface area contributed by atoms with Crippen molar-refractivity contribution in [1.29, 1.82) is 0 Å². The van der Waals surface area contributed by atoms with E-state index in [4.69, 9.17) is 5.73 Å². The van der Waals surface area contributed by atoms with E-state index in [2.05, 4.69) is 33.9 Å². The van der Waals surface area contributed by atoms with Gasteiger partial charge in [-0.15, -0.1) is 11.3 Å². The molecule has 0 saturated heterocycles. The third-order valence-corrected chi connectivity index (χ3v) is 4.88. The van der Waals surface area contributed by atoms with E-state index in [0.29, 0.717) is 23.5 Å². The van der Waals surface area contributed by atoms with Crippen molar-refractivity contribution in [2.45, 2.75) is 19.9 Å². The van der Waals surface area contributed by atoms with E-state index in [1.165, 1.54) is 0 Å². The summed E-state index contributed by atoms with van der Waals surface area (Å²) in [6, 6.07) is 4.34. The first-order valence-corrected chi connectivity index (χ1v) is 8.45. The SMILES string of the molecule is CC(C)n1ccc(-c2cc3c(N)nc(-c4nccn4C)nc3s2)n1. The molecule has 0 fully saturated rings. The molecule has 24 heavy (non-hydrogen) atoms. The molecule has 0 amide bonds. The Hall–Kier alpha value is -2.74. The number of hydrogen-bond donors (Lipinski definition) is 1. The van der Waals surface area contributed by atoms with E-state index in [1.807, 2.05) is 40.8 Å². The van der Waals surface area contributed by atoms with Gasteiger partial charge in [0.2, 0.25) is 0 Å². The summed E-state index contributed by atoms with van der Waals surface area (Å²) in [7, 11) is 1.91. The smallest absolute Gasteiger partial charge is 0.199 e. The highest BCUT2D eigenvalue weighted by Crippen LogP contribution is 2.35. The van der Waals surface area contributed by atoms with Gasteiger partial charge in [0, 0.05) is 31.7 Å². The lowest BCUT2D eigenvalue weighted by Gasteiger charge is -2.02. The molecule has 0 spiro atoms. The standard InChI is InChI=1S/C16H17N7S/c1-9(2)23-6-4-11(21-23)12-8-10-13(17)19-14(20-16(10)24-12)15-18-5-7-22(15)3/h4-9H,1-3H3,(H2,17,19,20). The van der Waals surface area contributed by atoms with Crippen LogP contribution in [0.15, 0.2) is 30.7 Å². The average molecular weight is 339 g/mol. The number of aromatic nitrogens is 6. The summed E-state index contributed by atoms with van der Waals surface area (Å²) in [5, 5.41) is 5.47. The van der Waals surface area contributed by atoms with Gasteiger partial charge in [-0.2, -0.15) is 5.10 Å². The second-order valence-electron chi connectivity index (χ2n) is 5.90. The van der Waals surface area contributed by atoms with E-state index >= 15 is 0 Å². The first-order valence-electron chi connectivity index (χ1n) is 7.63. The van der Waals surface area contributed by atoms with Crippen LogP contribution in [0.25, 0.3) is 32.4 Å². The molecule has 0 atom stereocenters. The Bertz CT molecular complexity index is 1020. The highest BCUT2D eigenvalue weighted by Gasteiger charge is 2.15. The van der Waals surface area contributed by atoms with E-state index in [-0.39, 0.29) is 0 Å². The van der Waals surface area contributed by atoms with Crippen LogP contribution in [0.2, 0.25) is 0 Å². The van der Waals surface area contributed by atoms with Gasteiger partial charge in [0.05, 0.1) is 10.3 Å². The molecule has 4 rings (SSSR count). The number of imidazole rings is 1. The topological polar surface area (TPSA) is 87.4 Å². The molecule has 0 aliphatic carbocycles. The van der Waals surface area contributed by atoms with Gasteiger partial charge < -0.3 is 10.3 Å². The van der Waals surface area contributed by atoms with Crippen molar-refractivity contribution >= 4 is 27.4 Å². The zero-order chi connectivity index (χ0) is 16.8. The zero-order valence-electron chi connectivity index (χ0n) is 13.6. The van der Waals surface area contributed by atoms with Crippen molar-refractivity contribution < 1.29 is 0 Å². The van der Waals surface area contributed by atoms with Crippen molar-refractivity contribution in [3.05, 3.63) is 30.7 Å². The van der Waals surface area contributed by atoms with Crippen LogP contribution in [-0.4, -0.2) is 29.3 Å². The Balaban J connectivity index is 1.83. The lowest BCUT2D eigenvalue weighted by molar-refractivity contribution is 0.534. The van der Waals surface area contributed by atoms with Crippen LogP contribution in [0, 0.1) is 0 Å². The maximum atomic E-state index is 6.15. The predicted molar refractivity (Wildman–Crippen MR) is 95.6 cm³/mol. The van der Waals surface area contributed by atoms with Gasteiger partial charge in [-0.1, -0.05) is 0 Å². The molecule has 8 heteroatoms. The monoisotopic (exact) mass is 339 g/mol. The fraction of sp³-hybridized carbons (Fsp3) is 0.250. The number of rotatable bonds is 3. The molecule has 4 aromatic rings. The van der Waals surface area contributed by atoms with Crippen molar-refractivity contribution in [3.8, 4) is 22.2 Å². The minimum atomic E-state index is 0.327. The highest BCUT2D eigenvalue weighted by atomic mass is 32.1. The number of thiophene rings is 1. The molecule has 7 nitrogen and oxygen atoms in total. The van der Waals surface area contributed by atoms with Gasteiger partial charge in [0.15, 0.2) is 11.6 Å². The lowest BCUT2D eigenvalue weighted by Crippen LogP contribution is -2.00. The summed E-state index contributed by atoms with van der Waals surface area (Å²) < 4.78 is 3.81. The number of nitrogens with two attached hydrogens (primary N) is 1. The Morgan fingerprint density at radius 1 is 1.21 bits per heavy atom. The maximum absolute atomic E-state index is 6.15. The molecule has 0 aliphatic heterocycles. The highest BCUT2D eigenvalue weighted by molar-refractivity contribution is 7.21. The lowest BCUT2D eigenvalue weighted by atomic mass is 10.3. The molecule has 2 N–H and O–H groups in total. The molecule has 4 aromatic heterocycles. The van der Waals surface area contributed by atoms with Gasteiger partial charge in [-0.05, 0) is 26.0 Å². The van der Waals surface area contributed by atoms with Gasteiger partial charge in [-0.25, -0.2) is 15.0 Å². The minimum absolute atomic E-state index is 0.327. The molecular weight excluding hydrogens is 322 g/mol. The van der Waals surface area contributed by atoms with Crippen molar-refractivity contribution in [2.75, 3.05) is 5.73 Å². The molecular formula is C16H17N7S. The fourth-order valence-electron chi connectivity index (χ4n) is 2.51. The minimum Gasteiger partial charge on any atom is -0.383 e. The number of nitrogen functional groups attached to an aromatic ring is 1. The van der Waals surface area contributed by atoms with Crippen LogP contribution in [0.5, 0.6) is 0 Å². The van der Waals surface area contributed by atoms with E-state index in [9.17, 15) is 0 Å². The maximum Gasteiger partial charge on any atom is 0.199 e. The number of aryl methyl sites for hydroxylation is 1. The molecule has 0 bridgehead atoms. The third-order valence-electron chi connectivity index (χ3n) is 3.83. The van der Waals surface area contributed by atoms with Crippen LogP contribution >= 0.6 is 11.3 Å². The van der Waals surface area contributed by atoms with E-state index in [1.54, 1.807) is 17.5 Å².